The van der Waals surface area contributed by atoms with Gasteiger partial charge in [0.15, 0.2) is 5.78 Å². The first kappa shape index (κ1) is 9.31. The Balaban J connectivity index is 2.39. The fraction of sp³-hybridized carbons (Fsp3) is 0.364. The van der Waals surface area contributed by atoms with Gasteiger partial charge in [-0.2, -0.15) is 0 Å². The van der Waals surface area contributed by atoms with Gasteiger partial charge in [-0.3, -0.25) is 4.79 Å². The molecule has 1 atom stereocenters. The summed E-state index contributed by atoms with van der Waals surface area (Å²) < 4.78 is 25.6. The number of halogens is 2. The van der Waals surface area contributed by atoms with E-state index in [9.17, 15) is 13.6 Å². The standard InChI is InChI=1S/C11H10F2O/c1-7(14)8-4-2-3-5-9(8)10-6-11(10,12)13/h2-5,10H,6H2,1H3. The first-order chi connectivity index (χ1) is 6.52. The minimum Gasteiger partial charge on any atom is -0.295 e. The van der Waals surface area contributed by atoms with Crippen molar-refractivity contribution in [3.8, 4) is 0 Å². The van der Waals surface area contributed by atoms with Crippen molar-refractivity contribution in [3.63, 3.8) is 0 Å². The lowest BCUT2D eigenvalue weighted by Crippen LogP contribution is -2.01. The SMILES string of the molecule is CC(=O)c1ccccc1C1CC1(F)F. The van der Waals surface area contributed by atoms with Gasteiger partial charge in [-0.15, -0.1) is 0 Å². The van der Waals surface area contributed by atoms with Crippen LogP contribution in [0.2, 0.25) is 0 Å². The molecule has 1 aliphatic rings. The predicted octanol–water partition coefficient (Wildman–Crippen LogP) is 3.01. The second-order valence-electron chi connectivity index (χ2n) is 3.66. The van der Waals surface area contributed by atoms with Gasteiger partial charge in [-0.05, 0) is 12.5 Å². The molecule has 3 heteroatoms. The molecule has 0 aromatic heterocycles. The summed E-state index contributed by atoms with van der Waals surface area (Å²) in [6, 6.07) is 6.60. The van der Waals surface area contributed by atoms with Crippen LogP contribution in [0.1, 0.15) is 35.2 Å². The van der Waals surface area contributed by atoms with E-state index in [-0.39, 0.29) is 12.2 Å². The van der Waals surface area contributed by atoms with E-state index in [4.69, 9.17) is 0 Å². The molecule has 0 amide bonds. The van der Waals surface area contributed by atoms with Crippen molar-refractivity contribution in [2.75, 3.05) is 0 Å². The molecule has 74 valence electrons. The monoisotopic (exact) mass is 196 g/mol. The predicted molar refractivity (Wildman–Crippen MR) is 48.8 cm³/mol. The average Bonchev–Trinajstić information content (AvgIpc) is 2.75. The van der Waals surface area contributed by atoms with Crippen molar-refractivity contribution in [1.82, 2.24) is 0 Å². The van der Waals surface area contributed by atoms with Crippen LogP contribution in [0.4, 0.5) is 8.78 Å². The number of carbonyl (C=O) groups is 1. The smallest absolute Gasteiger partial charge is 0.255 e. The third-order valence-electron chi connectivity index (χ3n) is 2.54. The van der Waals surface area contributed by atoms with Crippen LogP contribution >= 0.6 is 0 Å². The minimum absolute atomic E-state index is 0.128. The summed E-state index contributed by atoms with van der Waals surface area (Å²) in [5, 5.41) is 0. The van der Waals surface area contributed by atoms with E-state index < -0.39 is 11.8 Å². The quantitative estimate of drug-likeness (QED) is 0.664. The van der Waals surface area contributed by atoms with Crippen LogP contribution in [-0.4, -0.2) is 11.7 Å². The van der Waals surface area contributed by atoms with Crippen LogP contribution in [0, 0.1) is 0 Å². The zero-order valence-electron chi connectivity index (χ0n) is 7.76. The van der Waals surface area contributed by atoms with Crippen LogP contribution < -0.4 is 0 Å². The summed E-state index contributed by atoms with van der Waals surface area (Å²) in [6.45, 7) is 1.40. The van der Waals surface area contributed by atoms with Gasteiger partial charge in [-0.25, -0.2) is 8.78 Å². The number of ketones is 1. The van der Waals surface area contributed by atoms with Gasteiger partial charge >= 0.3 is 0 Å². The number of hydrogen-bond donors (Lipinski definition) is 0. The zero-order valence-corrected chi connectivity index (χ0v) is 7.76. The van der Waals surface area contributed by atoms with Gasteiger partial charge in [0.2, 0.25) is 0 Å². The fourth-order valence-corrected chi connectivity index (χ4v) is 1.67. The Bertz CT molecular complexity index is 385. The summed E-state index contributed by atoms with van der Waals surface area (Å²) in [5.74, 6) is -3.50. The first-order valence-electron chi connectivity index (χ1n) is 4.50. The van der Waals surface area contributed by atoms with Crippen LogP contribution in [0.3, 0.4) is 0 Å². The lowest BCUT2D eigenvalue weighted by atomic mass is 10.0. The van der Waals surface area contributed by atoms with Crippen molar-refractivity contribution in [2.24, 2.45) is 0 Å². The maximum atomic E-state index is 12.8. The topological polar surface area (TPSA) is 17.1 Å². The summed E-state index contributed by atoms with van der Waals surface area (Å²) in [6.07, 6.45) is -0.128. The summed E-state index contributed by atoms with van der Waals surface area (Å²) in [7, 11) is 0. The molecule has 0 heterocycles. The largest absolute Gasteiger partial charge is 0.295 e. The van der Waals surface area contributed by atoms with E-state index in [1.165, 1.54) is 6.92 Å². The second kappa shape index (κ2) is 2.87. The second-order valence-corrected chi connectivity index (χ2v) is 3.66. The van der Waals surface area contributed by atoms with E-state index in [0.717, 1.165) is 0 Å². The molecule has 0 N–H and O–H groups in total. The highest BCUT2D eigenvalue weighted by molar-refractivity contribution is 5.95. The molecule has 0 spiro atoms. The lowest BCUT2D eigenvalue weighted by Gasteiger charge is -2.04. The molecule has 1 saturated carbocycles. The van der Waals surface area contributed by atoms with Gasteiger partial charge in [0.1, 0.15) is 0 Å². The van der Waals surface area contributed by atoms with Crippen molar-refractivity contribution in [2.45, 2.75) is 25.2 Å². The van der Waals surface area contributed by atoms with Gasteiger partial charge in [0.25, 0.3) is 5.92 Å². The maximum absolute atomic E-state index is 12.8. The highest BCUT2D eigenvalue weighted by Gasteiger charge is 2.58. The molecule has 0 aliphatic heterocycles. The van der Waals surface area contributed by atoms with Crippen LogP contribution in [0.5, 0.6) is 0 Å². The van der Waals surface area contributed by atoms with Crippen molar-refractivity contribution in [3.05, 3.63) is 35.4 Å². The van der Waals surface area contributed by atoms with Gasteiger partial charge in [-0.1, -0.05) is 24.3 Å². The third kappa shape index (κ3) is 1.43. The molecule has 14 heavy (non-hydrogen) atoms. The van der Waals surface area contributed by atoms with Crippen LogP contribution in [0.15, 0.2) is 24.3 Å². The van der Waals surface area contributed by atoms with E-state index in [1.807, 2.05) is 0 Å². The molecule has 0 saturated heterocycles. The number of rotatable bonds is 2. The molecule has 1 aromatic rings. The molecular formula is C11H10F2O. The first-order valence-corrected chi connectivity index (χ1v) is 4.50. The Morgan fingerprint density at radius 1 is 1.43 bits per heavy atom. The van der Waals surface area contributed by atoms with Crippen LogP contribution in [-0.2, 0) is 0 Å². The summed E-state index contributed by atoms with van der Waals surface area (Å²) >= 11 is 0. The third-order valence-corrected chi connectivity index (χ3v) is 2.54. The number of benzene rings is 1. The lowest BCUT2D eigenvalue weighted by molar-refractivity contribution is 0.101. The van der Waals surface area contributed by atoms with Crippen LogP contribution in [0.25, 0.3) is 0 Å². The summed E-state index contributed by atoms with van der Waals surface area (Å²) in [5.41, 5.74) is 0.916. The summed E-state index contributed by atoms with van der Waals surface area (Å²) in [4.78, 5) is 11.2. The zero-order chi connectivity index (χ0) is 10.3. The number of Topliss-reactive ketones (excluding diaryl/α,β-unsaturated/α-hetero) is 1. The molecule has 1 unspecified atom stereocenters. The molecule has 0 radical (unpaired) electrons. The molecule has 0 bridgehead atoms. The van der Waals surface area contributed by atoms with Crippen molar-refractivity contribution in [1.29, 1.82) is 0 Å². The van der Waals surface area contributed by atoms with E-state index >= 15 is 0 Å². The molecular weight excluding hydrogens is 186 g/mol. The molecule has 1 aromatic carbocycles. The number of alkyl halides is 2. The highest BCUT2D eigenvalue weighted by Crippen LogP contribution is 2.56. The Hall–Kier alpha value is -1.25. The van der Waals surface area contributed by atoms with Gasteiger partial charge in [0, 0.05) is 12.0 Å². The minimum atomic E-state index is -2.61. The molecule has 1 nitrogen and oxygen atoms in total. The van der Waals surface area contributed by atoms with Gasteiger partial charge < -0.3 is 0 Å². The Kier molecular flexibility index (Phi) is 1.91. The molecule has 2 rings (SSSR count). The van der Waals surface area contributed by atoms with Crippen molar-refractivity contribution >= 4 is 5.78 Å². The number of hydrogen-bond acceptors (Lipinski definition) is 1. The maximum Gasteiger partial charge on any atom is 0.255 e. The average molecular weight is 196 g/mol. The van der Waals surface area contributed by atoms with Crippen molar-refractivity contribution < 1.29 is 13.6 Å². The van der Waals surface area contributed by atoms with E-state index in [1.54, 1.807) is 24.3 Å². The van der Waals surface area contributed by atoms with E-state index in [2.05, 4.69) is 0 Å². The fourth-order valence-electron chi connectivity index (χ4n) is 1.67. The Labute approximate surface area is 80.7 Å². The molecule has 1 aliphatic carbocycles. The normalized spacial score (nSPS) is 23.2. The highest BCUT2D eigenvalue weighted by atomic mass is 19.3. The Morgan fingerprint density at radius 3 is 2.50 bits per heavy atom. The van der Waals surface area contributed by atoms with E-state index in [0.29, 0.717) is 11.1 Å². The number of carbonyl (C=O) groups excluding carboxylic acids is 1. The molecule has 1 fully saturated rings. The Morgan fingerprint density at radius 2 is 2.00 bits per heavy atom. The van der Waals surface area contributed by atoms with Gasteiger partial charge in [0.05, 0.1) is 5.92 Å².